The van der Waals surface area contributed by atoms with Gasteiger partial charge in [-0.25, -0.2) is 0 Å². The van der Waals surface area contributed by atoms with E-state index < -0.39 is 0 Å². The number of aromatic amines is 1. The van der Waals surface area contributed by atoms with Crippen LogP contribution in [0.2, 0.25) is 0 Å². The van der Waals surface area contributed by atoms with Crippen molar-refractivity contribution < 1.29 is 0 Å². The molecular weight excluding hydrogens is 276 g/mol. The molecule has 3 heteroatoms. The first-order chi connectivity index (χ1) is 10.2. The van der Waals surface area contributed by atoms with Gasteiger partial charge in [0.25, 0.3) is 0 Å². The summed E-state index contributed by atoms with van der Waals surface area (Å²) in [5.41, 5.74) is 7.07. The second-order valence-electron chi connectivity index (χ2n) is 5.22. The van der Waals surface area contributed by atoms with Crippen molar-refractivity contribution in [1.29, 1.82) is 0 Å². The van der Waals surface area contributed by atoms with Crippen LogP contribution in [0.25, 0.3) is 22.5 Å². The van der Waals surface area contributed by atoms with Gasteiger partial charge in [0.2, 0.25) is 0 Å². The molecule has 0 radical (unpaired) electrons. The summed E-state index contributed by atoms with van der Waals surface area (Å²) < 4.78 is 0. The number of H-pyrrole nitrogens is 1. The van der Waals surface area contributed by atoms with Gasteiger partial charge in [0.05, 0.1) is 16.4 Å². The summed E-state index contributed by atoms with van der Waals surface area (Å²) in [5.74, 6) is 0. The maximum absolute atomic E-state index is 4.50. The molecule has 0 saturated carbocycles. The number of aromatic nitrogens is 2. The molecule has 0 aliphatic rings. The van der Waals surface area contributed by atoms with Crippen molar-refractivity contribution in [1.82, 2.24) is 9.97 Å². The Morgan fingerprint density at radius 1 is 1.00 bits per heavy atom. The Hall–Kier alpha value is -2.00. The Bertz CT molecular complexity index is 740. The molecule has 0 atom stereocenters. The first-order valence-corrected chi connectivity index (χ1v) is 8.17. The number of hydrogen-bond donors (Lipinski definition) is 1. The Kier molecular flexibility index (Phi) is 3.84. The van der Waals surface area contributed by atoms with Crippen molar-refractivity contribution in [3.63, 3.8) is 0 Å². The van der Waals surface area contributed by atoms with Gasteiger partial charge in [-0.3, -0.25) is 4.98 Å². The number of aryl methyl sites for hydroxylation is 2. The van der Waals surface area contributed by atoms with Gasteiger partial charge in [-0.1, -0.05) is 23.3 Å². The molecule has 2 nitrogen and oxygen atoms in total. The van der Waals surface area contributed by atoms with Crippen molar-refractivity contribution in [2.24, 2.45) is 0 Å². The van der Waals surface area contributed by atoms with E-state index in [-0.39, 0.29) is 0 Å². The fraction of sp³-hybridized carbons (Fsp3) is 0.167. The van der Waals surface area contributed by atoms with Crippen molar-refractivity contribution in [3.05, 3.63) is 59.8 Å². The molecule has 0 aliphatic carbocycles. The minimum atomic E-state index is 1.00. The summed E-state index contributed by atoms with van der Waals surface area (Å²) in [6.45, 7) is 4.27. The fourth-order valence-corrected chi connectivity index (χ4v) is 3.05. The van der Waals surface area contributed by atoms with E-state index >= 15 is 0 Å². The van der Waals surface area contributed by atoms with Crippen molar-refractivity contribution in [2.45, 2.75) is 18.9 Å². The molecule has 1 aromatic carbocycles. The topological polar surface area (TPSA) is 28.7 Å². The lowest BCUT2D eigenvalue weighted by Crippen LogP contribution is -1.87. The Labute approximate surface area is 129 Å². The molecule has 0 bridgehead atoms. The van der Waals surface area contributed by atoms with Gasteiger partial charge < -0.3 is 4.98 Å². The molecule has 21 heavy (non-hydrogen) atoms. The van der Waals surface area contributed by atoms with Crippen LogP contribution in [-0.4, -0.2) is 16.2 Å². The Balaban J connectivity index is 2.20. The molecule has 0 unspecified atom stereocenters. The van der Waals surface area contributed by atoms with Crippen LogP contribution >= 0.6 is 11.8 Å². The highest BCUT2D eigenvalue weighted by atomic mass is 32.2. The number of thioether (sulfide) groups is 1. The van der Waals surface area contributed by atoms with E-state index in [2.05, 4.69) is 60.4 Å². The summed E-state index contributed by atoms with van der Waals surface area (Å²) in [6, 6.07) is 14.8. The predicted molar refractivity (Wildman–Crippen MR) is 90.7 cm³/mol. The molecule has 2 heterocycles. The van der Waals surface area contributed by atoms with Gasteiger partial charge in [-0.05, 0) is 56.0 Å². The van der Waals surface area contributed by atoms with Crippen LogP contribution in [0.3, 0.4) is 0 Å². The quantitative estimate of drug-likeness (QED) is 0.682. The van der Waals surface area contributed by atoms with Crippen molar-refractivity contribution in [3.8, 4) is 22.5 Å². The van der Waals surface area contributed by atoms with Crippen LogP contribution in [0, 0.1) is 13.8 Å². The number of benzene rings is 1. The largest absolute Gasteiger partial charge is 0.349 e. The minimum Gasteiger partial charge on any atom is -0.349 e. The molecule has 1 N–H and O–H groups in total. The highest BCUT2D eigenvalue weighted by Crippen LogP contribution is 2.34. The van der Waals surface area contributed by atoms with Gasteiger partial charge in [0.15, 0.2) is 0 Å². The molecule has 106 valence electrons. The van der Waals surface area contributed by atoms with Gasteiger partial charge in [0.1, 0.15) is 0 Å². The zero-order valence-electron chi connectivity index (χ0n) is 12.5. The van der Waals surface area contributed by atoms with Crippen LogP contribution < -0.4 is 0 Å². The van der Waals surface area contributed by atoms with Crippen molar-refractivity contribution >= 4 is 11.8 Å². The van der Waals surface area contributed by atoms with E-state index in [0.29, 0.717) is 0 Å². The predicted octanol–water partition coefficient (Wildman–Crippen LogP) is 5.08. The lowest BCUT2D eigenvalue weighted by molar-refractivity contribution is 1.21. The van der Waals surface area contributed by atoms with E-state index in [1.54, 1.807) is 11.8 Å². The average Bonchev–Trinajstić information content (AvgIpc) is 2.91. The summed E-state index contributed by atoms with van der Waals surface area (Å²) >= 11 is 1.72. The first kappa shape index (κ1) is 14.0. The molecule has 0 saturated heterocycles. The third-order valence-electron chi connectivity index (χ3n) is 3.46. The molecule has 2 aromatic heterocycles. The van der Waals surface area contributed by atoms with Crippen LogP contribution in [0.15, 0.2) is 53.7 Å². The average molecular weight is 294 g/mol. The van der Waals surface area contributed by atoms with Crippen LogP contribution in [0.5, 0.6) is 0 Å². The number of rotatable bonds is 3. The lowest BCUT2D eigenvalue weighted by atomic mass is 10.0. The highest BCUT2D eigenvalue weighted by Gasteiger charge is 2.13. The van der Waals surface area contributed by atoms with Crippen molar-refractivity contribution in [2.75, 3.05) is 6.26 Å². The molecule has 0 amide bonds. The maximum Gasteiger partial charge on any atom is 0.0730 e. The Morgan fingerprint density at radius 2 is 1.76 bits per heavy atom. The van der Waals surface area contributed by atoms with E-state index in [0.717, 1.165) is 22.0 Å². The van der Waals surface area contributed by atoms with Crippen LogP contribution in [-0.2, 0) is 0 Å². The summed E-state index contributed by atoms with van der Waals surface area (Å²) in [7, 11) is 0. The number of pyridine rings is 1. The normalized spacial score (nSPS) is 10.8. The van der Waals surface area contributed by atoms with Crippen LogP contribution in [0.4, 0.5) is 0 Å². The molecule has 0 fully saturated rings. The molecule has 3 rings (SSSR count). The Morgan fingerprint density at radius 3 is 2.38 bits per heavy atom. The summed E-state index contributed by atoms with van der Waals surface area (Å²) in [5, 5.41) is 1.16. The molecular formula is C18H18N2S. The second-order valence-corrected chi connectivity index (χ2v) is 6.07. The third kappa shape index (κ3) is 2.88. The number of nitrogens with one attached hydrogen (secondary N) is 1. The minimum absolute atomic E-state index is 1.00. The smallest absolute Gasteiger partial charge is 0.0730 e. The SMILES string of the molecule is CSc1cc(-c2ccccn2)c(-c2cc(C)cc(C)c2)[nH]1. The fourth-order valence-electron chi connectivity index (χ4n) is 2.61. The van der Waals surface area contributed by atoms with Gasteiger partial charge in [-0.15, -0.1) is 11.8 Å². The molecule has 0 aliphatic heterocycles. The number of nitrogens with zero attached hydrogens (tertiary/aromatic N) is 1. The molecule has 3 aromatic rings. The van der Waals surface area contributed by atoms with E-state index in [1.165, 1.54) is 16.7 Å². The van der Waals surface area contributed by atoms with Gasteiger partial charge >= 0.3 is 0 Å². The monoisotopic (exact) mass is 294 g/mol. The first-order valence-electron chi connectivity index (χ1n) is 6.94. The molecule has 0 spiro atoms. The van der Waals surface area contributed by atoms with E-state index in [4.69, 9.17) is 0 Å². The summed E-state index contributed by atoms with van der Waals surface area (Å²) in [6.07, 6.45) is 3.92. The zero-order chi connectivity index (χ0) is 14.8. The lowest BCUT2D eigenvalue weighted by Gasteiger charge is -2.07. The number of hydrogen-bond acceptors (Lipinski definition) is 2. The maximum atomic E-state index is 4.50. The van der Waals surface area contributed by atoms with E-state index in [1.807, 2.05) is 18.3 Å². The van der Waals surface area contributed by atoms with E-state index in [9.17, 15) is 0 Å². The second kappa shape index (κ2) is 5.78. The standard InChI is InChI=1S/C18H18N2S/c1-12-8-13(2)10-14(9-12)18-15(11-17(20-18)21-3)16-6-4-5-7-19-16/h4-11,20H,1-3H3. The van der Waals surface area contributed by atoms with Gasteiger partial charge in [-0.2, -0.15) is 0 Å². The third-order valence-corrected chi connectivity index (χ3v) is 4.12. The van der Waals surface area contributed by atoms with Crippen LogP contribution in [0.1, 0.15) is 11.1 Å². The van der Waals surface area contributed by atoms with Gasteiger partial charge in [0, 0.05) is 11.8 Å². The highest BCUT2D eigenvalue weighted by molar-refractivity contribution is 7.98. The zero-order valence-corrected chi connectivity index (χ0v) is 13.3. The summed E-state index contributed by atoms with van der Waals surface area (Å²) in [4.78, 5) is 8.02.